The van der Waals surface area contributed by atoms with E-state index in [9.17, 15) is 4.79 Å². The van der Waals surface area contributed by atoms with Gasteiger partial charge in [0, 0.05) is 61.7 Å². The fraction of sp³-hybridized carbons (Fsp3) is 0.400. The second-order valence-corrected chi connectivity index (χ2v) is 6.98. The van der Waals surface area contributed by atoms with Crippen LogP contribution in [0.2, 0.25) is 5.02 Å². The molecule has 5 nitrogen and oxygen atoms in total. The number of benzene rings is 1. The Morgan fingerprint density at radius 1 is 1.19 bits per heavy atom. The smallest absolute Gasteiger partial charge is 0.237 e. The molecule has 0 bridgehead atoms. The Balaban J connectivity index is 1.44. The highest BCUT2D eigenvalue weighted by Gasteiger charge is 2.25. The maximum atomic E-state index is 12.4. The van der Waals surface area contributed by atoms with Crippen LogP contribution in [0, 0.1) is 0 Å². The molecule has 0 saturated carbocycles. The molecule has 0 unspecified atom stereocenters. The summed E-state index contributed by atoms with van der Waals surface area (Å²) in [5.74, 6) is 0.0807. The number of halogens is 1. The van der Waals surface area contributed by atoms with Crippen LogP contribution in [0.1, 0.15) is 12.6 Å². The van der Waals surface area contributed by atoms with Crippen LogP contribution in [0.3, 0.4) is 0 Å². The summed E-state index contributed by atoms with van der Waals surface area (Å²) >= 11 is 6.08. The molecule has 1 atom stereocenters. The molecule has 1 aromatic carbocycles. The minimum Gasteiger partial charge on any atom is -0.369 e. The standard InChI is InChI=1S/C20H25ClN4O/c1-16(20(26)23-10-8-18-6-2-3-9-22-18)24-11-13-25(14-12-24)19-7-4-5-17(21)15-19/h2-7,9,15-16H,8,10-14H2,1H3,(H,23,26)/t16-/m1/s1. The number of nitrogens with one attached hydrogen (secondary N) is 1. The summed E-state index contributed by atoms with van der Waals surface area (Å²) in [7, 11) is 0. The summed E-state index contributed by atoms with van der Waals surface area (Å²) in [6.07, 6.45) is 2.53. The van der Waals surface area contributed by atoms with Crippen molar-refractivity contribution < 1.29 is 4.79 Å². The third kappa shape index (κ3) is 4.96. The molecule has 1 fully saturated rings. The van der Waals surface area contributed by atoms with Gasteiger partial charge in [-0.15, -0.1) is 0 Å². The summed E-state index contributed by atoms with van der Waals surface area (Å²) in [5, 5.41) is 3.78. The Labute approximate surface area is 160 Å². The summed E-state index contributed by atoms with van der Waals surface area (Å²) in [4.78, 5) is 21.2. The summed E-state index contributed by atoms with van der Waals surface area (Å²) in [6.45, 7) is 6.11. The van der Waals surface area contributed by atoms with E-state index >= 15 is 0 Å². The second kappa shape index (κ2) is 9.01. The summed E-state index contributed by atoms with van der Waals surface area (Å²) < 4.78 is 0. The van der Waals surface area contributed by atoms with Gasteiger partial charge in [0.2, 0.25) is 5.91 Å². The maximum absolute atomic E-state index is 12.4. The number of anilines is 1. The zero-order valence-corrected chi connectivity index (χ0v) is 15.8. The van der Waals surface area contributed by atoms with Crippen molar-refractivity contribution in [2.45, 2.75) is 19.4 Å². The molecule has 1 amide bonds. The van der Waals surface area contributed by atoms with E-state index in [1.54, 1.807) is 6.20 Å². The number of hydrogen-bond acceptors (Lipinski definition) is 4. The van der Waals surface area contributed by atoms with Gasteiger partial charge in [-0.1, -0.05) is 23.7 Å². The van der Waals surface area contributed by atoms with Gasteiger partial charge < -0.3 is 10.2 Å². The number of amides is 1. The molecule has 0 radical (unpaired) electrons. The maximum Gasteiger partial charge on any atom is 0.237 e. The van der Waals surface area contributed by atoms with Crippen molar-refractivity contribution in [1.29, 1.82) is 0 Å². The second-order valence-electron chi connectivity index (χ2n) is 6.54. The van der Waals surface area contributed by atoms with E-state index in [4.69, 9.17) is 11.6 Å². The van der Waals surface area contributed by atoms with Crippen LogP contribution in [0.4, 0.5) is 5.69 Å². The monoisotopic (exact) mass is 372 g/mol. The van der Waals surface area contributed by atoms with E-state index < -0.39 is 0 Å². The topological polar surface area (TPSA) is 48.5 Å². The van der Waals surface area contributed by atoms with Crippen molar-refractivity contribution in [3.63, 3.8) is 0 Å². The highest BCUT2D eigenvalue weighted by molar-refractivity contribution is 6.30. The van der Waals surface area contributed by atoms with Crippen LogP contribution >= 0.6 is 11.6 Å². The molecule has 6 heteroatoms. The first-order valence-electron chi connectivity index (χ1n) is 9.05. The van der Waals surface area contributed by atoms with Gasteiger partial charge in [-0.3, -0.25) is 14.7 Å². The van der Waals surface area contributed by atoms with E-state index in [0.717, 1.165) is 49.0 Å². The number of piperazine rings is 1. The molecule has 1 aliphatic rings. The van der Waals surface area contributed by atoms with Crippen molar-refractivity contribution in [3.05, 3.63) is 59.4 Å². The van der Waals surface area contributed by atoms with Crippen LogP contribution in [-0.4, -0.2) is 54.6 Å². The predicted octanol–water partition coefficient (Wildman–Crippen LogP) is 2.60. The average Bonchev–Trinajstić information content (AvgIpc) is 2.68. The summed E-state index contributed by atoms with van der Waals surface area (Å²) in [6, 6.07) is 13.6. The van der Waals surface area contributed by atoms with E-state index in [1.165, 1.54) is 0 Å². The lowest BCUT2D eigenvalue weighted by atomic mass is 10.2. The van der Waals surface area contributed by atoms with Crippen molar-refractivity contribution in [3.8, 4) is 0 Å². The minimum absolute atomic E-state index is 0.0807. The largest absolute Gasteiger partial charge is 0.369 e. The lowest BCUT2D eigenvalue weighted by Crippen LogP contribution is -2.54. The van der Waals surface area contributed by atoms with Gasteiger partial charge in [-0.25, -0.2) is 0 Å². The van der Waals surface area contributed by atoms with E-state index in [0.29, 0.717) is 6.54 Å². The minimum atomic E-state index is -0.125. The fourth-order valence-electron chi connectivity index (χ4n) is 3.21. The first-order chi connectivity index (χ1) is 12.6. The molecule has 1 aromatic heterocycles. The van der Waals surface area contributed by atoms with E-state index in [1.807, 2.05) is 43.3 Å². The Morgan fingerprint density at radius 2 is 2.00 bits per heavy atom. The van der Waals surface area contributed by atoms with Crippen LogP contribution in [0.15, 0.2) is 48.7 Å². The Kier molecular flexibility index (Phi) is 6.47. The molecule has 0 aliphatic carbocycles. The average molecular weight is 373 g/mol. The third-order valence-electron chi connectivity index (χ3n) is 4.82. The Morgan fingerprint density at radius 3 is 2.69 bits per heavy atom. The first kappa shape index (κ1) is 18.7. The first-order valence-corrected chi connectivity index (χ1v) is 9.43. The molecular formula is C20H25ClN4O. The molecular weight excluding hydrogens is 348 g/mol. The van der Waals surface area contributed by atoms with Gasteiger partial charge in [0.1, 0.15) is 0 Å². The number of aromatic nitrogens is 1. The quantitative estimate of drug-likeness (QED) is 0.846. The molecule has 2 aromatic rings. The number of carbonyl (C=O) groups excluding carboxylic acids is 1. The molecule has 0 spiro atoms. The zero-order valence-electron chi connectivity index (χ0n) is 15.1. The molecule has 2 heterocycles. The van der Waals surface area contributed by atoms with Crippen LogP contribution < -0.4 is 10.2 Å². The molecule has 1 aliphatic heterocycles. The van der Waals surface area contributed by atoms with Crippen molar-refractivity contribution in [2.75, 3.05) is 37.6 Å². The van der Waals surface area contributed by atoms with Crippen LogP contribution in [0.25, 0.3) is 0 Å². The van der Waals surface area contributed by atoms with Gasteiger partial charge in [0.15, 0.2) is 0 Å². The number of pyridine rings is 1. The third-order valence-corrected chi connectivity index (χ3v) is 5.06. The number of rotatable bonds is 6. The van der Waals surface area contributed by atoms with Gasteiger partial charge in [0.25, 0.3) is 0 Å². The van der Waals surface area contributed by atoms with Crippen LogP contribution in [0.5, 0.6) is 0 Å². The molecule has 1 saturated heterocycles. The molecule has 138 valence electrons. The van der Waals surface area contributed by atoms with Crippen molar-refractivity contribution in [1.82, 2.24) is 15.2 Å². The van der Waals surface area contributed by atoms with Gasteiger partial charge in [-0.05, 0) is 37.3 Å². The molecule has 26 heavy (non-hydrogen) atoms. The van der Waals surface area contributed by atoms with Gasteiger partial charge in [-0.2, -0.15) is 0 Å². The number of carbonyl (C=O) groups is 1. The summed E-state index contributed by atoms with van der Waals surface area (Å²) in [5.41, 5.74) is 2.14. The molecule has 1 N–H and O–H groups in total. The van der Waals surface area contributed by atoms with Gasteiger partial charge in [0.05, 0.1) is 6.04 Å². The number of nitrogens with zero attached hydrogens (tertiary/aromatic N) is 3. The van der Waals surface area contributed by atoms with Gasteiger partial charge >= 0.3 is 0 Å². The lowest BCUT2D eigenvalue weighted by molar-refractivity contribution is -0.125. The normalized spacial score (nSPS) is 16.3. The predicted molar refractivity (Wildman–Crippen MR) is 106 cm³/mol. The Hall–Kier alpha value is -2.11. The number of hydrogen-bond donors (Lipinski definition) is 1. The SMILES string of the molecule is C[C@H](C(=O)NCCc1ccccn1)N1CCN(c2cccc(Cl)c2)CC1. The highest BCUT2D eigenvalue weighted by atomic mass is 35.5. The van der Waals surface area contributed by atoms with Crippen molar-refractivity contribution >= 4 is 23.2 Å². The molecule has 3 rings (SSSR count). The van der Waals surface area contributed by atoms with E-state index in [2.05, 4.69) is 26.2 Å². The van der Waals surface area contributed by atoms with Crippen molar-refractivity contribution in [2.24, 2.45) is 0 Å². The lowest BCUT2D eigenvalue weighted by Gasteiger charge is -2.38. The zero-order chi connectivity index (χ0) is 18.4. The Bertz CT molecular complexity index is 717. The fourth-order valence-corrected chi connectivity index (χ4v) is 3.40. The van der Waals surface area contributed by atoms with Crippen LogP contribution in [-0.2, 0) is 11.2 Å². The highest BCUT2D eigenvalue weighted by Crippen LogP contribution is 2.21. The van der Waals surface area contributed by atoms with E-state index in [-0.39, 0.29) is 11.9 Å².